The van der Waals surface area contributed by atoms with Crippen molar-refractivity contribution in [3.63, 3.8) is 0 Å². The molecule has 0 aromatic heterocycles. The van der Waals surface area contributed by atoms with Crippen molar-refractivity contribution in [1.29, 1.82) is 0 Å². The standard InChI is InChI=1S/C23H24N4O2S/c1-3-5-15-30-23-25-22(28)20-18-8-6-7-9-19(18)24-21(27(20)26-23)16-10-12-17(13-11-16)29-14-4-2/h4,6-13,21H,2-3,5,14-15H2,1H3,(H,25,26,28). The Kier molecular flexibility index (Phi) is 6.18. The molecular formula is C23H24N4O2S. The number of fused-ring (bicyclic) bond motifs is 2. The van der Waals surface area contributed by atoms with Gasteiger partial charge in [0, 0.05) is 11.0 Å². The number of hydrogen-bond donors (Lipinski definition) is 1. The van der Waals surface area contributed by atoms with E-state index in [9.17, 15) is 4.79 Å². The van der Waals surface area contributed by atoms with E-state index in [2.05, 4.69) is 18.8 Å². The monoisotopic (exact) mass is 420 g/mol. The molecular weight excluding hydrogens is 396 g/mol. The van der Waals surface area contributed by atoms with Crippen molar-refractivity contribution in [2.24, 2.45) is 10.1 Å². The summed E-state index contributed by atoms with van der Waals surface area (Å²) in [6, 6.07) is 15.4. The number of benzene rings is 2. The Morgan fingerprint density at radius 2 is 2.03 bits per heavy atom. The smallest absolute Gasteiger partial charge is 0.276 e. The number of hydrogen-bond acceptors (Lipinski definition) is 6. The van der Waals surface area contributed by atoms with E-state index >= 15 is 0 Å². The maximum atomic E-state index is 13.0. The zero-order chi connectivity index (χ0) is 20.9. The number of amidine groups is 1. The van der Waals surface area contributed by atoms with Gasteiger partial charge in [0.1, 0.15) is 18.1 Å². The molecule has 0 spiro atoms. The molecule has 6 nitrogen and oxygen atoms in total. The van der Waals surface area contributed by atoms with Gasteiger partial charge in [-0.05, 0) is 30.2 Å². The van der Waals surface area contributed by atoms with Crippen LogP contribution in [0, 0.1) is 0 Å². The molecule has 1 amide bonds. The van der Waals surface area contributed by atoms with Gasteiger partial charge in [-0.3, -0.25) is 15.1 Å². The lowest BCUT2D eigenvalue weighted by Gasteiger charge is -2.34. The first-order chi connectivity index (χ1) is 14.7. The van der Waals surface area contributed by atoms with Gasteiger partial charge in [0.25, 0.3) is 5.91 Å². The number of ether oxygens (including phenoxy) is 1. The van der Waals surface area contributed by atoms with E-state index < -0.39 is 6.17 Å². The third-order valence-corrected chi connectivity index (χ3v) is 5.75. The highest BCUT2D eigenvalue weighted by Crippen LogP contribution is 2.31. The lowest BCUT2D eigenvalue weighted by atomic mass is 10.1. The van der Waals surface area contributed by atoms with Crippen LogP contribution in [-0.4, -0.2) is 28.4 Å². The molecule has 2 heterocycles. The van der Waals surface area contributed by atoms with Crippen LogP contribution in [0.4, 0.5) is 0 Å². The van der Waals surface area contributed by atoms with Gasteiger partial charge in [0.05, 0.1) is 5.36 Å². The molecule has 0 bridgehead atoms. The van der Waals surface area contributed by atoms with Crippen LogP contribution < -0.4 is 20.6 Å². The van der Waals surface area contributed by atoms with Crippen LogP contribution in [0.25, 0.3) is 5.70 Å². The number of amides is 1. The fraction of sp³-hybridized carbons (Fsp3) is 0.261. The number of nitrogens with zero attached hydrogens (tertiary/aromatic N) is 3. The minimum Gasteiger partial charge on any atom is -0.490 e. The molecule has 0 radical (unpaired) electrons. The van der Waals surface area contributed by atoms with Crippen molar-refractivity contribution in [3.8, 4) is 5.75 Å². The summed E-state index contributed by atoms with van der Waals surface area (Å²) in [5.74, 6) is 1.52. The Hall–Kier alpha value is -3.06. The van der Waals surface area contributed by atoms with Crippen molar-refractivity contribution in [1.82, 2.24) is 10.3 Å². The first-order valence-corrected chi connectivity index (χ1v) is 11.0. The first-order valence-electron chi connectivity index (χ1n) is 10.0. The van der Waals surface area contributed by atoms with Crippen molar-refractivity contribution in [3.05, 3.63) is 77.3 Å². The fourth-order valence-corrected chi connectivity index (χ4v) is 4.25. The number of para-hydroxylation sites is 1. The van der Waals surface area contributed by atoms with E-state index in [-0.39, 0.29) is 5.91 Å². The quantitative estimate of drug-likeness (QED) is 0.553. The third-order valence-electron chi connectivity index (χ3n) is 4.80. The topological polar surface area (TPSA) is 66.3 Å². The van der Waals surface area contributed by atoms with E-state index in [1.807, 2.05) is 48.5 Å². The maximum Gasteiger partial charge on any atom is 0.276 e. The number of unbranched alkanes of at least 4 members (excludes halogenated alkanes) is 1. The number of hydrazone groups is 1. The highest BCUT2D eigenvalue weighted by atomic mass is 32.2. The van der Waals surface area contributed by atoms with Crippen LogP contribution >= 0.6 is 11.8 Å². The van der Waals surface area contributed by atoms with Gasteiger partial charge in [-0.2, -0.15) is 0 Å². The highest BCUT2D eigenvalue weighted by Gasteiger charge is 2.34. The average Bonchev–Trinajstić information content (AvgIpc) is 2.77. The lowest BCUT2D eigenvalue weighted by molar-refractivity contribution is -0.116. The number of carbonyl (C=O) groups is 1. The molecule has 2 aliphatic heterocycles. The molecule has 1 unspecified atom stereocenters. The van der Waals surface area contributed by atoms with E-state index in [4.69, 9.17) is 14.8 Å². The fourth-order valence-electron chi connectivity index (χ4n) is 3.31. The molecule has 1 atom stereocenters. The van der Waals surface area contributed by atoms with Gasteiger partial charge in [-0.1, -0.05) is 68.1 Å². The first kappa shape index (κ1) is 20.2. The number of rotatable bonds is 7. The summed E-state index contributed by atoms with van der Waals surface area (Å²) < 4.78 is 5.59. The minimum absolute atomic E-state index is 0.151. The highest BCUT2D eigenvalue weighted by molar-refractivity contribution is 8.13. The van der Waals surface area contributed by atoms with Crippen molar-refractivity contribution in [2.45, 2.75) is 25.9 Å². The number of thioether (sulfide) groups is 1. The van der Waals surface area contributed by atoms with Crippen molar-refractivity contribution in [2.75, 3.05) is 12.4 Å². The summed E-state index contributed by atoms with van der Waals surface area (Å²) in [4.78, 5) is 17.9. The van der Waals surface area contributed by atoms with Gasteiger partial charge in [0.15, 0.2) is 11.3 Å². The van der Waals surface area contributed by atoms with Crippen LogP contribution in [-0.2, 0) is 4.79 Å². The summed E-state index contributed by atoms with van der Waals surface area (Å²) >= 11 is 1.56. The maximum absolute atomic E-state index is 13.0. The van der Waals surface area contributed by atoms with Crippen molar-refractivity contribution >= 4 is 28.5 Å². The molecule has 0 fully saturated rings. The predicted octanol–water partition coefficient (Wildman–Crippen LogP) is 2.93. The van der Waals surface area contributed by atoms with E-state index in [0.29, 0.717) is 17.5 Å². The van der Waals surface area contributed by atoms with Gasteiger partial charge >= 0.3 is 0 Å². The van der Waals surface area contributed by atoms with Crippen LogP contribution in [0.5, 0.6) is 5.75 Å². The summed E-state index contributed by atoms with van der Waals surface area (Å²) in [7, 11) is 0. The molecule has 0 aliphatic carbocycles. The molecule has 2 aromatic carbocycles. The van der Waals surface area contributed by atoms with Crippen LogP contribution in [0.2, 0.25) is 0 Å². The Bertz CT molecular complexity index is 1090. The second-order valence-corrected chi connectivity index (χ2v) is 8.03. The molecule has 1 N–H and O–H groups in total. The number of carbonyl (C=O) groups excluding carboxylic acids is 1. The molecule has 0 saturated carbocycles. The second-order valence-electron chi connectivity index (χ2n) is 6.94. The Morgan fingerprint density at radius 1 is 1.23 bits per heavy atom. The number of nitrogens with one attached hydrogen (secondary N) is 1. The van der Waals surface area contributed by atoms with Gasteiger partial charge < -0.3 is 4.74 Å². The lowest BCUT2D eigenvalue weighted by Crippen LogP contribution is -2.50. The normalized spacial score (nSPS) is 17.3. The zero-order valence-electron chi connectivity index (χ0n) is 16.9. The SMILES string of the molecule is C=CCOc1ccc(C2N=c3ccccc3=C3C(=O)NC(SCCCC)=NN32)cc1. The summed E-state index contributed by atoms with van der Waals surface area (Å²) in [6.07, 6.45) is 3.46. The van der Waals surface area contributed by atoms with E-state index in [1.165, 1.54) is 0 Å². The second kappa shape index (κ2) is 9.17. The van der Waals surface area contributed by atoms with Crippen LogP contribution in [0.1, 0.15) is 31.5 Å². The molecule has 2 aromatic rings. The van der Waals surface area contributed by atoms with Crippen LogP contribution in [0.15, 0.2) is 71.3 Å². The largest absolute Gasteiger partial charge is 0.490 e. The van der Waals surface area contributed by atoms with Gasteiger partial charge in [-0.25, -0.2) is 5.01 Å². The van der Waals surface area contributed by atoms with Gasteiger partial charge in [0.2, 0.25) is 0 Å². The summed E-state index contributed by atoms with van der Waals surface area (Å²) in [5, 5.41) is 11.6. The van der Waals surface area contributed by atoms with Gasteiger partial charge in [-0.15, -0.1) is 5.10 Å². The molecule has 30 heavy (non-hydrogen) atoms. The third kappa shape index (κ3) is 4.11. The van der Waals surface area contributed by atoms with Crippen molar-refractivity contribution < 1.29 is 9.53 Å². The molecule has 154 valence electrons. The van der Waals surface area contributed by atoms with E-state index in [0.717, 1.165) is 40.5 Å². The van der Waals surface area contributed by atoms with E-state index in [1.54, 1.807) is 22.8 Å². The molecule has 7 heteroatoms. The predicted molar refractivity (Wildman–Crippen MR) is 120 cm³/mol. The molecule has 0 saturated heterocycles. The zero-order valence-corrected chi connectivity index (χ0v) is 17.7. The molecule has 2 aliphatic rings. The Balaban J connectivity index is 1.74. The Labute approximate surface area is 180 Å². The molecule has 4 rings (SSSR count). The summed E-state index contributed by atoms with van der Waals surface area (Å²) in [5.41, 5.74) is 1.46. The average molecular weight is 421 g/mol. The Morgan fingerprint density at radius 3 is 2.80 bits per heavy atom. The van der Waals surface area contributed by atoms with Crippen LogP contribution in [0.3, 0.4) is 0 Å². The minimum atomic E-state index is -0.420. The summed E-state index contributed by atoms with van der Waals surface area (Å²) in [6.45, 7) is 6.27.